The number of ether oxygens (including phenoxy) is 1. The maximum Gasteiger partial charge on any atom is 0.215 e. The Labute approximate surface area is 110 Å². The molecule has 0 radical (unpaired) electrons. The Morgan fingerprint density at radius 3 is 2.78 bits per heavy atom. The summed E-state index contributed by atoms with van der Waals surface area (Å²) < 4.78 is 5.14. The van der Waals surface area contributed by atoms with Crippen LogP contribution in [0.5, 0.6) is 5.75 Å². The van der Waals surface area contributed by atoms with Crippen molar-refractivity contribution in [2.45, 2.75) is 6.92 Å². The van der Waals surface area contributed by atoms with Gasteiger partial charge in [0.1, 0.15) is 5.75 Å². The lowest BCUT2D eigenvalue weighted by atomic mass is 10.0. The van der Waals surface area contributed by atoms with Gasteiger partial charge >= 0.3 is 0 Å². The van der Waals surface area contributed by atoms with E-state index in [9.17, 15) is 4.79 Å². The number of carbonyl (C=O) groups is 1. The molecule has 0 amide bonds. The van der Waals surface area contributed by atoms with E-state index >= 15 is 0 Å². The van der Waals surface area contributed by atoms with E-state index in [1.54, 1.807) is 36.5 Å². The quantitative estimate of drug-likeness (QED) is 0.796. The second-order valence-corrected chi connectivity index (χ2v) is 4.20. The van der Waals surface area contributed by atoms with Crippen LogP contribution in [0.4, 0.5) is 0 Å². The van der Waals surface area contributed by atoms with Gasteiger partial charge in [0.25, 0.3) is 0 Å². The molecule has 0 aliphatic heterocycles. The lowest BCUT2D eigenvalue weighted by Gasteiger charge is -2.08. The van der Waals surface area contributed by atoms with Gasteiger partial charge in [0.05, 0.1) is 7.11 Å². The minimum Gasteiger partial charge on any atom is -0.494 e. The normalized spacial score (nSPS) is 10.2. The van der Waals surface area contributed by atoms with Crippen LogP contribution in [0, 0.1) is 6.92 Å². The summed E-state index contributed by atoms with van der Waals surface area (Å²) in [4.78, 5) is 16.5. The van der Waals surface area contributed by atoms with Gasteiger partial charge in [-0.1, -0.05) is 23.7 Å². The number of aromatic nitrogens is 1. The predicted octanol–water partition coefficient (Wildman–Crippen LogP) is 3.28. The Morgan fingerprint density at radius 2 is 2.06 bits per heavy atom. The summed E-state index contributed by atoms with van der Waals surface area (Å²) in [6, 6.07) is 8.67. The third-order valence-electron chi connectivity index (χ3n) is 2.72. The average molecular weight is 262 g/mol. The first kappa shape index (κ1) is 12.6. The van der Waals surface area contributed by atoms with Gasteiger partial charge in [-0.3, -0.25) is 4.79 Å². The van der Waals surface area contributed by atoms with E-state index in [-0.39, 0.29) is 5.78 Å². The van der Waals surface area contributed by atoms with Crippen molar-refractivity contribution < 1.29 is 9.53 Å². The van der Waals surface area contributed by atoms with Gasteiger partial charge in [-0.05, 0) is 30.7 Å². The molecule has 0 N–H and O–H groups in total. The summed E-state index contributed by atoms with van der Waals surface area (Å²) in [5.74, 6) is 0.273. The molecule has 0 aliphatic carbocycles. The molecule has 0 atom stereocenters. The summed E-state index contributed by atoms with van der Waals surface area (Å²) >= 11 is 6.02. The van der Waals surface area contributed by atoms with Crippen LogP contribution < -0.4 is 4.74 Å². The average Bonchev–Trinajstić information content (AvgIpc) is 2.41. The molecule has 3 nitrogen and oxygen atoms in total. The number of benzene rings is 1. The Morgan fingerprint density at radius 1 is 1.28 bits per heavy atom. The molecular weight excluding hydrogens is 250 g/mol. The topological polar surface area (TPSA) is 39.2 Å². The van der Waals surface area contributed by atoms with Crippen LogP contribution in [0.1, 0.15) is 21.6 Å². The summed E-state index contributed by atoms with van der Waals surface area (Å²) in [6.07, 6.45) is 1.57. The molecule has 2 rings (SSSR count). The molecule has 0 saturated heterocycles. The zero-order valence-electron chi connectivity index (χ0n) is 10.1. The molecule has 0 bridgehead atoms. The molecule has 0 saturated carbocycles. The number of hydrogen-bond donors (Lipinski definition) is 0. The SMILES string of the molecule is COc1cccnc1C(=O)c1cccc(Cl)c1C. The van der Waals surface area contributed by atoms with Crippen molar-refractivity contribution in [1.29, 1.82) is 0 Å². The third-order valence-corrected chi connectivity index (χ3v) is 3.13. The van der Waals surface area contributed by atoms with Gasteiger partial charge in [0.2, 0.25) is 5.78 Å². The molecule has 1 aromatic carbocycles. The van der Waals surface area contributed by atoms with Gasteiger partial charge in [0, 0.05) is 16.8 Å². The van der Waals surface area contributed by atoms with Crippen molar-refractivity contribution in [1.82, 2.24) is 4.98 Å². The summed E-state index contributed by atoms with van der Waals surface area (Å²) in [5, 5.41) is 0.566. The van der Waals surface area contributed by atoms with Crippen molar-refractivity contribution in [3.63, 3.8) is 0 Å². The van der Waals surface area contributed by atoms with E-state index in [1.165, 1.54) is 7.11 Å². The molecule has 4 heteroatoms. The first-order valence-corrected chi connectivity index (χ1v) is 5.81. The number of hydrogen-bond acceptors (Lipinski definition) is 3. The van der Waals surface area contributed by atoms with Crippen LogP contribution >= 0.6 is 11.6 Å². The van der Waals surface area contributed by atoms with Crippen molar-refractivity contribution in [2.75, 3.05) is 7.11 Å². The highest BCUT2D eigenvalue weighted by Crippen LogP contribution is 2.24. The zero-order chi connectivity index (χ0) is 13.1. The van der Waals surface area contributed by atoms with Gasteiger partial charge in [-0.25, -0.2) is 4.98 Å². The van der Waals surface area contributed by atoms with Crippen LogP contribution in [0.25, 0.3) is 0 Å². The maximum atomic E-state index is 12.4. The number of methoxy groups -OCH3 is 1. The van der Waals surface area contributed by atoms with E-state index in [1.807, 2.05) is 6.92 Å². The van der Waals surface area contributed by atoms with Gasteiger partial charge in [0.15, 0.2) is 5.69 Å². The van der Waals surface area contributed by atoms with Crippen molar-refractivity contribution in [3.05, 3.63) is 58.4 Å². The standard InChI is InChI=1S/C14H12ClNO2/c1-9-10(5-3-6-11(9)15)14(17)13-12(18-2)7-4-8-16-13/h3-8H,1-2H3. The first-order valence-electron chi connectivity index (χ1n) is 5.44. The van der Waals surface area contributed by atoms with Gasteiger partial charge in [-0.2, -0.15) is 0 Å². The molecule has 18 heavy (non-hydrogen) atoms. The fourth-order valence-corrected chi connectivity index (χ4v) is 1.88. The minimum atomic E-state index is -0.188. The molecule has 92 valence electrons. The summed E-state index contributed by atoms with van der Waals surface area (Å²) in [7, 11) is 1.51. The molecule has 0 fully saturated rings. The predicted molar refractivity (Wildman–Crippen MR) is 70.4 cm³/mol. The highest BCUT2D eigenvalue weighted by molar-refractivity contribution is 6.32. The molecule has 0 aliphatic rings. The number of pyridine rings is 1. The summed E-state index contributed by atoms with van der Waals surface area (Å²) in [5.41, 5.74) is 1.58. The second-order valence-electron chi connectivity index (χ2n) is 3.80. The van der Waals surface area contributed by atoms with Gasteiger partial charge in [-0.15, -0.1) is 0 Å². The van der Waals surface area contributed by atoms with E-state index in [0.29, 0.717) is 22.0 Å². The largest absolute Gasteiger partial charge is 0.494 e. The highest BCUT2D eigenvalue weighted by Gasteiger charge is 2.18. The smallest absolute Gasteiger partial charge is 0.215 e. The molecular formula is C14H12ClNO2. The molecule has 0 unspecified atom stereocenters. The number of halogens is 1. The molecule has 0 spiro atoms. The lowest BCUT2D eigenvalue weighted by Crippen LogP contribution is -2.08. The molecule has 1 heterocycles. The number of rotatable bonds is 3. The van der Waals surface area contributed by atoms with E-state index in [0.717, 1.165) is 5.56 Å². The number of nitrogens with zero attached hydrogens (tertiary/aromatic N) is 1. The van der Waals surface area contributed by atoms with Crippen LogP contribution in [0.3, 0.4) is 0 Å². The van der Waals surface area contributed by atoms with Crippen molar-refractivity contribution >= 4 is 17.4 Å². The second kappa shape index (κ2) is 5.19. The van der Waals surface area contributed by atoms with Crippen molar-refractivity contribution in [3.8, 4) is 5.75 Å². The Balaban J connectivity index is 2.52. The maximum absolute atomic E-state index is 12.4. The van der Waals surface area contributed by atoms with Gasteiger partial charge < -0.3 is 4.74 Å². The van der Waals surface area contributed by atoms with Crippen LogP contribution in [-0.4, -0.2) is 17.9 Å². The van der Waals surface area contributed by atoms with Crippen LogP contribution in [0.15, 0.2) is 36.5 Å². The van der Waals surface area contributed by atoms with Crippen LogP contribution in [0.2, 0.25) is 5.02 Å². The highest BCUT2D eigenvalue weighted by atomic mass is 35.5. The Kier molecular flexibility index (Phi) is 3.63. The Hall–Kier alpha value is -1.87. The number of ketones is 1. The van der Waals surface area contributed by atoms with E-state index < -0.39 is 0 Å². The van der Waals surface area contributed by atoms with E-state index in [4.69, 9.17) is 16.3 Å². The third kappa shape index (κ3) is 2.22. The zero-order valence-corrected chi connectivity index (χ0v) is 10.9. The molecule has 1 aromatic heterocycles. The minimum absolute atomic E-state index is 0.188. The van der Waals surface area contributed by atoms with E-state index in [2.05, 4.69) is 4.98 Å². The monoisotopic (exact) mass is 261 g/mol. The Bertz CT molecular complexity index is 596. The fraction of sp³-hybridized carbons (Fsp3) is 0.143. The first-order chi connectivity index (χ1) is 8.65. The molecule has 2 aromatic rings. The van der Waals surface area contributed by atoms with Crippen molar-refractivity contribution in [2.24, 2.45) is 0 Å². The number of carbonyl (C=O) groups excluding carboxylic acids is 1. The summed E-state index contributed by atoms with van der Waals surface area (Å²) in [6.45, 7) is 1.81. The fourth-order valence-electron chi connectivity index (χ4n) is 1.71. The lowest BCUT2D eigenvalue weighted by molar-refractivity contribution is 0.103. The van der Waals surface area contributed by atoms with Crippen LogP contribution in [-0.2, 0) is 0 Å².